The Bertz CT molecular complexity index is 1020. The van der Waals surface area contributed by atoms with E-state index < -0.39 is 6.09 Å². The molecule has 0 saturated carbocycles. The monoisotopic (exact) mass is 361 g/mol. The van der Waals surface area contributed by atoms with Gasteiger partial charge in [0.25, 0.3) is 0 Å². The van der Waals surface area contributed by atoms with Crippen LogP contribution in [0.1, 0.15) is 5.56 Å². The van der Waals surface area contributed by atoms with E-state index in [0.29, 0.717) is 17.8 Å². The van der Waals surface area contributed by atoms with Crippen LogP contribution in [0.2, 0.25) is 0 Å². The predicted molar refractivity (Wildman–Crippen MR) is 105 cm³/mol. The van der Waals surface area contributed by atoms with Gasteiger partial charge in [0.1, 0.15) is 18.2 Å². The zero-order valence-electron chi connectivity index (χ0n) is 14.6. The standard InChI is InChI=1S/C21H19N3O3/c22-20(23)16-6-3-7-17(10-16)24-12-19(27-21(24)25)13-26-18-9-8-14-4-1-2-5-15(14)11-18/h1-11,19H,12-13H2,(H3,22,23). The Morgan fingerprint density at radius 3 is 2.74 bits per heavy atom. The molecule has 3 N–H and O–H groups in total. The highest BCUT2D eigenvalue weighted by Crippen LogP contribution is 2.24. The van der Waals surface area contributed by atoms with Crippen LogP contribution in [0.5, 0.6) is 5.75 Å². The number of hydrogen-bond acceptors (Lipinski definition) is 4. The van der Waals surface area contributed by atoms with E-state index in [1.165, 1.54) is 4.90 Å². The summed E-state index contributed by atoms with van der Waals surface area (Å²) in [4.78, 5) is 13.7. The summed E-state index contributed by atoms with van der Waals surface area (Å²) < 4.78 is 11.2. The van der Waals surface area contributed by atoms with Gasteiger partial charge in [0.05, 0.1) is 6.54 Å². The molecule has 1 unspecified atom stereocenters. The number of carbonyl (C=O) groups excluding carboxylic acids is 1. The number of benzene rings is 3. The van der Waals surface area contributed by atoms with Crippen molar-refractivity contribution < 1.29 is 14.3 Å². The molecule has 0 bridgehead atoms. The van der Waals surface area contributed by atoms with Crippen LogP contribution in [-0.4, -0.2) is 31.2 Å². The molecule has 4 rings (SSSR count). The number of nitrogens with zero attached hydrogens (tertiary/aromatic N) is 1. The molecule has 6 nitrogen and oxygen atoms in total. The summed E-state index contributed by atoms with van der Waals surface area (Å²) in [6.07, 6.45) is -0.798. The second-order valence-corrected chi connectivity index (χ2v) is 6.40. The van der Waals surface area contributed by atoms with Crippen LogP contribution in [0.25, 0.3) is 10.8 Å². The van der Waals surface area contributed by atoms with Gasteiger partial charge in [-0.2, -0.15) is 0 Å². The Morgan fingerprint density at radius 2 is 1.93 bits per heavy atom. The molecule has 1 fully saturated rings. The number of nitrogens with two attached hydrogens (primary N) is 1. The third-order valence-corrected chi connectivity index (χ3v) is 4.50. The van der Waals surface area contributed by atoms with Gasteiger partial charge in [-0.05, 0) is 35.0 Å². The van der Waals surface area contributed by atoms with Gasteiger partial charge >= 0.3 is 6.09 Å². The van der Waals surface area contributed by atoms with Gasteiger partial charge in [-0.15, -0.1) is 0 Å². The zero-order chi connectivity index (χ0) is 18.8. The lowest BCUT2D eigenvalue weighted by Gasteiger charge is -2.14. The third kappa shape index (κ3) is 3.55. The Morgan fingerprint density at radius 1 is 1.11 bits per heavy atom. The van der Waals surface area contributed by atoms with E-state index >= 15 is 0 Å². The molecule has 0 aromatic heterocycles. The first-order chi connectivity index (χ1) is 13.1. The van der Waals surface area contributed by atoms with Gasteiger partial charge in [0.15, 0.2) is 6.10 Å². The summed E-state index contributed by atoms with van der Waals surface area (Å²) in [6, 6.07) is 20.9. The SMILES string of the molecule is N=C(N)c1cccc(N2CC(COc3ccc4ccccc4c3)OC2=O)c1. The van der Waals surface area contributed by atoms with Crippen LogP contribution in [0.15, 0.2) is 66.7 Å². The van der Waals surface area contributed by atoms with Crippen molar-refractivity contribution in [1.82, 2.24) is 0 Å². The maximum absolute atomic E-state index is 12.2. The van der Waals surface area contributed by atoms with E-state index in [1.54, 1.807) is 24.3 Å². The molecule has 3 aromatic carbocycles. The highest BCUT2D eigenvalue weighted by atomic mass is 16.6. The largest absolute Gasteiger partial charge is 0.490 e. The second-order valence-electron chi connectivity index (χ2n) is 6.40. The van der Waals surface area contributed by atoms with E-state index in [-0.39, 0.29) is 18.5 Å². The second kappa shape index (κ2) is 6.99. The molecule has 136 valence electrons. The Balaban J connectivity index is 1.43. The van der Waals surface area contributed by atoms with Crippen molar-refractivity contribution in [2.45, 2.75) is 6.10 Å². The summed E-state index contributed by atoms with van der Waals surface area (Å²) >= 11 is 0. The number of cyclic esters (lactones) is 1. The van der Waals surface area contributed by atoms with Crippen LogP contribution < -0.4 is 15.4 Å². The van der Waals surface area contributed by atoms with Crippen LogP contribution in [0.3, 0.4) is 0 Å². The molecule has 1 amide bonds. The molecule has 1 aliphatic rings. The minimum absolute atomic E-state index is 0.0411. The minimum Gasteiger partial charge on any atom is -0.490 e. The molecule has 6 heteroatoms. The van der Waals surface area contributed by atoms with Gasteiger partial charge in [-0.25, -0.2) is 4.79 Å². The Hall–Kier alpha value is -3.54. The van der Waals surface area contributed by atoms with Crippen LogP contribution in [0.4, 0.5) is 10.5 Å². The number of hydrogen-bond donors (Lipinski definition) is 2. The summed E-state index contributed by atoms with van der Waals surface area (Å²) in [5, 5.41) is 9.78. The lowest BCUT2D eigenvalue weighted by Crippen LogP contribution is -2.27. The lowest BCUT2D eigenvalue weighted by atomic mass is 10.1. The van der Waals surface area contributed by atoms with Crippen molar-refractivity contribution in [3.05, 3.63) is 72.3 Å². The number of rotatable bonds is 5. The number of nitrogen functional groups attached to an aromatic ring is 1. The van der Waals surface area contributed by atoms with Gasteiger partial charge < -0.3 is 15.2 Å². The van der Waals surface area contributed by atoms with E-state index in [0.717, 1.165) is 16.5 Å². The molecule has 1 saturated heterocycles. The maximum Gasteiger partial charge on any atom is 0.414 e. The smallest absolute Gasteiger partial charge is 0.414 e. The van der Waals surface area contributed by atoms with Crippen molar-refractivity contribution in [1.29, 1.82) is 5.41 Å². The Labute approximate surface area is 156 Å². The quantitative estimate of drug-likeness (QED) is 0.537. The van der Waals surface area contributed by atoms with E-state index in [9.17, 15) is 4.79 Å². The fourth-order valence-electron chi connectivity index (χ4n) is 3.11. The van der Waals surface area contributed by atoms with Gasteiger partial charge in [-0.3, -0.25) is 10.3 Å². The Kier molecular flexibility index (Phi) is 4.38. The summed E-state index contributed by atoms with van der Waals surface area (Å²) in [7, 11) is 0. The minimum atomic E-state index is -0.428. The average Bonchev–Trinajstić information content (AvgIpc) is 3.07. The third-order valence-electron chi connectivity index (χ3n) is 4.50. The number of fused-ring (bicyclic) bond motifs is 1. The number of ether oxygens (including phenoxy) is 2. The summed E-state index contributed by atoms with van der Waals surface area (Å²) in [5.41, 5.74) is 6.74. The van der Waals surface area contributed by atoms with Crippen molar-refractivity contribution in [2.24, 2.45) is 5.73 Å². The molecule has 1 heterocycles. The highest BCUT2D eigenvalue weighted by molar-refractivity contribution is 5.97. The average molecular weight is 361 g/mol. The van der Waals surface area contributed by atoms with Gasteiger partial charge in [-0.1, -0.05) is 42.5 Å². The maximum atomic E-state index is 12.2. The van der Waals surface area contributed by atoms with Crippen LogP contribution in [0, 0.1) is 5.41 Å². The molecular weight excluding hydrogens is 342 g/mol. The molecular formula is C21H19N3O3. The first kappa shape index (κ1) is 16.9. The summed E-state index contributed by atoms with van der Waals surface area (Å²) in [6.45, 7) is 0.654. The van der Waals surface area contributed by atoms with Crippen LogP contribution >= 0.6 is 0 Å². The fraction of sp³-hybridized carbons (Fsp3) is 0.143. The first-order valence-corrected chi connectivity index (χ1v) is 8.64. The number of nitrogens with one attached hydrogen (secondary N) is 1. The van der Waals surface area contributed by atoms with Crippen LogP contribution in [-0.2, 0) is 4.74 Å². The topological polar surface area (TPSA) is 88.6 Å². The van der Waals surface area contributed by atoms with Crippen molar-refractivity contribution in [3.8, 4) is 5.75 Å². The highest BCUT2D eigenvalue weighted by Gasteiger charge is 2.33. The first-order valence-electron chi connectivity index (χ1n) is 8.64. The fourth-order valence-corrected chi connectivity index (χ4v) is 3.11. The van der Waals surface area contributed by atoms with Crippen molar-refractivity contribution >= 4 is 28.4 Å². The predicted octanol–water partition coefficient (Wildman–Crippen LogP) is 3.53. The van der Waals surface area contributed by atoms with Gasteiger partial charge in [0, 0.05) is 11.3 Å². The number of amides is 1. The van der Waals surface area contributed by atoms with E-state index in [1.807, 2.05) is 42.5 Å². The molecule has 0 radical (unpaired) electrons. The molecule has 1 aliphatic heterocycles. The van der Waals surface area contributed by atoms with Crippen molar-refractivity contribution in [3.63, 3.8) is 0 Å². The lowest BCUT2D eigenvalue weighted by molar-refractivity contribution is 0.105. The summed E-state index contributed by atoms with van der Waals surface area (Å²) in [5.74, 6) is 0.697. The molecule has 27 heavy (non-hydrogen) atoms. The van der Waals surface area contributed by atoms with Gasteiger partial charge in [0.2, 0.25) is 0 Å². The zero-order valence-corrected chi connectivity index (χ0v) is 14.6. The van der Waals surface area contributed by atoms with Crippen molar-refractivity contribution in [2.75, 3.05) is 18.1 Å². The van der Waals surface area contributed by atoms with E-state index in [2.05, 4.69) is 0 Å². The normalized spacial score (nSPS) is 16.4. The number of amidine groups is 1. The molecule has 0 spiro atoms. The molecule has 0 aliphatic carbocycles. The molecule has 3 aromatic rings. The van der Waals surface area contributed by atoms with E-state index in [4.69, 9.17) is 20.6 Å². The number of anilines is 1. The molecule has 1 atom stereocenters. The number of carbonyl (C=O) groups is 1.